The van der Waals surface area contributed by atoms with Crippen LogP contribution in [0.15, 0.2) is 0 Å². The van der Waals surface area contributed by atoms with Crippen molar-refractivity contribution in [3.8, 4) is 6.01 Å². The number of nitrogens with one attached hydrogen (secondary N) is 1. The third-order valence-electron chi connectivity index (χ3n) is 3.19. The first-order chi connectivity index (χ1) is 8.17. The van der Waals surface area contributed by atoms with Gasteiger partial charge in [0.25, 0.3) is 0 Å². The molecule has 0 radical (unpaired) electrons. The van der Waals surface area contributed by atoms with Crippen molar-refractivity contribution in [3.05, 3.63) is 5.28 Å². The number of hydrogen-bond acceptors (Lipinski definition) is 5. The summed E-state index contributed by atoms with van der Waals surface area (Å²) < 4.78 is 5.21. The summed E-state index contributed by atoms with van der Waals surface area (Å²) in [6.07, 6.45) is 3.72. The van der Waals surface area contributed by atoms with E-state index in [4.69, 9.17) is 16.3 Å². The standard InChI is InChI=1S/C11H17ClN4O/c1-3-11(5-6-11)7-13-9-14-8(12)15-10(16-9)17-4-2/h3-7H2,1-2H3,(H,13,14,15,16). The van der Waals surface area contributed by atoms with Gasteiger partial charge in [0.15, 0.2) is 0 Å². The van der Waals surface area contributed by atoms with E-state index in [1.807, 2.05) is 6.92 Å². The minimum Gasteiger partial charge on any atom is -0.464 e. The lowest BCUT2D eigenvalue weighted by molar-refractivity contribution is 0.312. The fourth-order valence-corrected chi connectivity index (χ4v) is 1.86. The third kappa shape index (κ3) is 3.19. The summed E-state index contributed by atoms with van der Waals surface area (Å²) in [6, 6.07) is 0.274. The quantitative estimate of drug-likeness (QED) is 0.848. The molecule has 1 aliphatic carbocycles. The van der Waals surface area contributed by atoms with Crippen LogP contribution in [0.4, 0.5) is 5.95 Å². The SMILES string of the molecule is CCOc1nc(Cl)nc(NCC2(CC)CC2)n1. The van der Waals surface area contributed by atoms with Crippen LogP contribution in [0.3, 0.4) is 0 Å². The average molecular weight is 257 g/mol. The summed E-state index contributed by atoms with van der Waals surface area (Å²) in [7, 11) is 0. The van der Waals surface area contributed by atoms with Crippen LogP contribution in [0.1, 0.15) is 33.1 Å². The van der Waals surface area contributed by atoms with Crippen LogP contribution in [0.25, 0.3) is 0 Å². The molecule has 0 unspecified atom stereocenters. The van der Waals surface area contributed by atoms with Crippen LogP contribution in [0.2, 0.25) is 5.28 Å². The Balaban J connectivity index is 2.00. The van der Waals surface area contributed by atoms with E-state index in [1.54, 1.807) is 0 Å². The van der Waals surface area contributed by atoms with E-state index in [9.17, 15) is 0 Å². The molecule has 0 aliphatic heterocycles. The van der Waals surface area contributed by atoms with E-state index in [2.05, 4.69) is 27.2 Å². The van der Waals surface area contributed by atoms with Crippen LogP contribution in [-0.2, 0) is 0 Å². The highest BCUT2D eigenvalue weighted by Crippen LogP contribution is 2.48. The van der Waals surface area contributed by atoms with Crippen molar-refractivity contribution in [2.45, 2.75) is 33.1 Å². The number of anilines is 1. The molecule has 0 atom stereocenters. The molecular formula is C11H17ClN4O. The maximum atomic E-state index is 5.80. The highest BCUT2D eigenvalue weighted by molar-refractivity contribution is 6.28. The van der Waals surface area contributed by atoms with Gasteiger partial charge in [-0.15, -0.1) is 0 Å². The maximum Gasteiger partial charge on any atom is 0.322 e. The fourth-order valence-electron chi connectivity index (χ4n) is 1.70. The Morgan fingerprint density at radius 2 is 2.06 bits per heavy atom. The zero-order valence-corrected chi connectivity index (χ0v) is 10.9. The van der Waals surface area contributed by atoms with E-state index in [1.165, 1.54) is 19.3 Å². The molecule has 1 saturated carbocycles. The highest BCUT2D eigenvalue weighted by Gasteiger charge is 2.40. The number of halogens is 1. The Bertz CT molecular complexity index is 395. The predicted octanol–water partition coefficient (Wildman–Crippen LogP) is 2.53. The second-order valence-electron chi connectivity index (χ2n) is 4.35. The van der Waals surface area contributed by atoms with Gasteiger partial charge in [0, 0.05) is 6.54 Å². The molecule has 1 aromatic rings. The number of rotatable bonds is 6. The molecule has 1 fully saturated rings. The molecule has 17 heavy (non-hydrogen) atoms. The molecule has 0 amide bonds. The van der Waals surface area contributed by atoms with E-state index in [0.29, 0.717) is 18.0 Å². The summed E-state index contributed by atoms with van der Waals surface area (Å²) in [6.45, 7) is 5.48. The lowest BCUT2D eigenvalue weighted by atomic mass is 10.0. The van der Waals surface area contributed by atoms with Gasteiger partial charge in [-0.05, 0) is 43.2 Å². The van der Waals surface area contributed by atoms with Crippen molar-refractivity contribution in [3.63, 3.8) is 0 Å². The Morgan fingerprint density at radius 3 is 2.65 bits per heavy atom. The minimum atomic E-state index is 0.160. The summed E-state index contributed by atoms with van der Waals surface area (Å²) in [5.74, 6) is 0.494. The number of nitrogens with zero attached hydrogens (tertiary/aromatic N) is 3. The molecule has 0 bridgehead atoms. The number of hydrogen-bond donors (Lipinski definition) is 1. The summed E-state index contributed by atoms with van der Waals surface area (Å²) in [5.41, 5.74) is 0.435. The predicted molar refractivity (Wildman–Crippen MR) is 66.5 cm³/mol. The van der Waals surface area contributed by atoms with Gasteiger partial charge < -0.3 is 10.1 Å². The van der Waals surface area contributed by atoms with Gasteiger partial charge >= 0.3 is 6.01 Å². The zero-order valence-electron chi connectivity index (χ0n) is 10.2. The second-order valence-corrected chi connectivity index (χ2v) is 4.69. The van der Waals surface area contributed by atoms with Gasteiger partial charge in [-0.1, -0.05) is 6.92 Å². The Labute approximate surface area is 106 Å². The highest BCUT2D eigenvalue weighted by atomic mass is 35.5. The van der Waals surface area contributed by atoms with Crippen molar-refractivity contribution >= 4 is 17.5 Å². The van der Waals surface area contributed by atoms with Crippen molar-refractivity contribution in [2.75, 3.05) is 18.5 Å². The lowest BCUT2D eigenvalue weighted by Gasteiger charge is -2.13. The van der Waals surface area contributed by atoms with Crippen molar-refractivity contribution < 1.29 is 4.74 Å². The normalized spacial score (nSPS) is 16.6. The molecule has 0 aromatic carbocycles. The molecule has 6 heteroatoms. The Kier molecular flexibility index (Phi) is 3.66. The van der Waals surface area contributed by atoms with Crippen molar-refractivity contribution in [1.29, 1.82) is 0 Å². The smallest absolute Gasteiger partial charge is 0.322 e. The van der Waals surface area contributed by atoms with Gasteiger partial charge in [0.1, 0.15) is 0 Å². The largest absolute Gasteiger partial charge is 0.464 e. The van der Waals surface area contributed by atoms with Gasteiger partial charge in [-0.25, -0.2) is 0 Å². The number of aromatic nitrogens is 3. The Morgan fingerprint density at radius 1 is 1.29 bits per heavy atom. The molecule has 0 saturated heterocycles. The van der Waals surface area contributed by atoms with Crippen LogP contribution in [0, 0.1) is 5.41 Å². The molecule has 2 rings (SSSR count). The van der Waals surface area contributed by atoms with Crippen molar-refractivity contribution in [2.24, 2.45) is 5.41 Å². The summed E-state index contributed by atoms with van der Waals surface area (Å²) >= 11 is 5.80. The topological polar surface area (TPSA) is 59.9 Å². The number of ether oxygens (including phenoxy) is 1. The van der Waals surface area contributed by atoms with Gasteiger partial charge in [-0.3, -0.25) is 0 Å². The first kappa shape index (κ1) is 12.4. The fraction of sp³-hybridized carbons (Fsp3) is 0.727. The molecule has 5 nitrogen and oxygen atoms in total. The monoisotopic (exact) mass is 256 g/mol. The third-order valence-corrected chi connectivity index (χ3v) is 3.36. The lowest BCUT2D eigenvalue weighted by Crippen LogP contribution is -2.16. The van der Waals surface area contributed by atoms with Gasteiger partial charge in [0.2, 0.25) is 11.2 Å². The minimum absolute atomic E-state index is 0.160. The second kappa shape index (κ2) is 5.04. The van der Waals surface area contributed by atoms with Gasteiger partial charge in [0.05, 0.1) is 6.61 Å². The Hall–Kier alpha value is -1.10. The molecule has 1 N–H and O–H groups in total. The van der Waals surface area contributed by atoms with Crippen LogP contribution in [0.5, 0.6) is 6.01 Å². The van der Waals surface area contributed by atoms with Crippen LogP contribution in [-0.4, -0.2) is 28.1 Å². The molecular weight excluding hydrogens is 240 g/mol. The molecule has 1 aromatic heterocycles. The van der Waals surface area contributed by atoms with E-state index in [0.717, 1.165) is 6.54 Å². The zero-order chi connectivity index (χ0) is 12.3. The van der Waals surface area contributed by atoms with E-state index >= 15 is 0 Å². The van der Waals surface area contributed by atoms with E-state index in [-0.39, 0.29) is 11.3 Å². The average Bonchev–Trinajstić information content (AvgIpc) is 3.07. The first-order valence-electron chi connectivity index (χ1n) is 5.96. The molecule has 1 heterocycles. The molecule has 1 aliphatic rings. The van der Waals surface area contributed by atoms with Crippen molar-refractivity contribution in [1.82, 2.24) is 15.0 Å². The summed E-state index contributed by atoms with van der Waals surface area (Å²) in [5, 5.41) is 3.37. The van der Waals surface area contributed by atoms with Crippen LogP contribution < -0.4 is 10.1 Å². The molecule has 0 spiro atoms. The van der Waals surface area contributed by atoms with E-state index < -0.39 is 0 Å². The van der Waals surface area contributed by atoms with Crippen LogP contribution >= 0.6 is 11.6 Å². The van der Waals surface area contributed by atoms with Gasteiger partial charge in [-0.2, -0.15) is 15.0 Å². The first-order valence-corrected chi connectivity index (χ1v) is 6.33. The summed E-state index contributed by atoms with van der Waals surface area (Å²) in [4.78, 5) is 12.1. The maximum absolute atomic E-state index is 5.80. The molecule has 94 valence electrons.